The molecular formula is C16H25NO. The predicted molar refractivity (Wildman–Crippen MR) is 76.3 cm³/mol. The maximum absolute atomic E-state index is 12.2. The van der Waals surface area contributed by atoms with Crippen molar-refractivity contribution in [1.29, 1.82) is 0 Å². The third kappa shape index (κ3) is 4.26. The van der Waals surface area contributed by atoms with Gasteiger partial charge in [0.05, 0.1) is 5.54 Å². The molecule has 1 atom stereocenters. The molecule has 0 bridgehead atoms. The normalized spacial score (nSPS) is 15.2. The minimum Gasteiger partial charge on any atom is -0.315 e. The van der Waals surface area contributed by atoms with E-state index in [9.17, 15) is 4.79 Å². The number of hydrogen-bond donors (Lipinski definition) is 1. The van der Waals surface area contributed by atoms with Crippen LogP contribution in [0.25, 0.3) is 0 Å². The van der Waals surface area contributed by atoms with Gasteiger partial charge < -0.3 is 5.73 Å². The smallest absolute Gasteiger partial charge is 0.156 e. The van der Waals surface area contributed by atoms with Gasteiger partial charge in [0.15, 0.2) is 5.78 Å². The molecule has 2 N–H and O–H groups in total. The molecule has 1 aromatic carbocycles. The van der Waals surface area contributed by atoms with Crippen LogP contribution in [0.2, 0.25) is 0 Å². The lowest BCUT2D eigenvalue weighted by molar-refractivity contribution is -0.124. The average Bonchev–Trinajstić information content (AvgIpc) is 2.28. The highest BCUT2D eigenvalue weighted by atomic mass is 16.1. The van der Waals surface area contributed by atoms with Crippen LogP contribution in [0.4, 0.5) is 0 Å². The second-order valence-electron chi connectivity index (χ2n) is 6.41. The molecule has 0 aliphatic heterocycles. The van der Waals surface area contributed by atoms with Gasteiger partial charge in [-0.15, -0.1) is 0 Å². The van der Waals surface area contributed by atoms with Crippen LogP contribution in [0.5, 0.6) is 0 Å². The van der Waals surface area contributed by atoms with E-state index in [1.165, 1.54) is 0 Å². The van der Waals surface area contributed by atoms with Gasteiger partial charge >= 0.3 is 0 Å². The number of benzene rings is 1. The fourth-order valence-corrected chi connectivity index (χ4v) is 1.98. The summed E-state index contributed by atoms with van der Waals surface area (Å²) in [6.07, 6.45) is 2.50. The Morgan fingerprint density at radius 2 is 1.67 bits per heavy atom. The monoisotopic (exact) mass is 247 g/mol. The highest BCUT2D eigenvalue weighted by molar-refractivity contribution is 5.88. The van der Waals surface area contributed by atoms with Crippen molar-refractivity contribution in [2.75, 3.05) is 0 Å². The van der Waals surface area contributed by atoms with Gasteiger partial charge in [-0.3, -0.25) is 4.79 Å². The second kappa shape index (κ2) is 5.66. The van der Waals surface area contributed by atoms with E-state index < -0.39 is 5.54 Å². The summed E-state index contributed by atoms with van der Waals surface area (Å²) in [5, 5.41) is 0. The number of rotatable bonds is 5. The van der Waals surface area contributed by atoms with Crippen LogP contribution in [0.1, 0.15) is 52.5 Å². The first kappa shape index (κ1) is 14.9. The van der Waals surface area contributed by atoms with Crippen molar-refractivity contribution in [3.05, 3.63) is 35.9 Å². The Morgan fingerprint density at radius 3 is 2.17 bits per heavy atom. The third-order valence-electron chi connectivity index (χ3n) is 3.28. The van der Waals surface area contributed by atoms with Crippen LogP contribution < -0.4 is 5.73 Å². The van der Waals surface area contributed by atoms with Gasteiger partial charge in [-0.2, -0.15) is 0 Å². The molecule has 1 aromatic rings. The van der Waals surface area contributed by atoms with E-state index in [2.05, 4.69) is 20.8 Å². The van der Waals surface area contributed by atoms with Gasteiger partial charge in [0.25, 0.3) is 0 Å². The summed E-state index contributed by atoms with van der Waals surface area (Å²) in [6, 6.07) is 9.61. The first-order valence-corrected chi connectivity index (χ1v) is 6.61. The highest BCUT2D eigenvalue weighted by Gasteiger charge is 2.29. The largest absolute Gasteiger partial charge is 0.315 e. The van der Waals surface area contributed by atoms with Gasteiger partial charge in [0.1, 0.15) is 0 Å². The quantitative estimate of drug-likeness (QED) is 0.863. The molecule has 0 aliphatic rings. The first-order valence-electron chi connectivity index (χ1n) is 6.61. The van der Waals surface area contributed by atoms with Gasteiger partial charge in [-0.05, 0) is 30.7 Å². The maximum Gasteiger partial charge on any atom is 0.156 e. The molecule has 1 rings (SSSR count). The summed E-state index contributed by atoms with van der Waals surface area (Å²) in [7, 11) is 0. The van der Waals surface area contributed by atoms with Gasteiger partial charge in [-0.25, -0.2) is 0 Å². The Kier molecular flexibility index (Phi) is 4.69. The number of carbonyl (C=O) groups excluding carboxylic acids is 1. The lowest BCUT2D eigenvalue weighted by Crippen LogP contribution is -2.41. The Balaban J connectivity index is 2.61. The molecule has 1 unspecified atom stereocenters. The fraction of sp³-hybridized carbons (Fsp3) is 0.562. The lowest BCUT2D eigenvalue weighted by atomic mass is 9.84. The molecule has 2 heteroatoms. The molecule has 0 aliphatic carbocycles. The van der Waals surface area contributed by atoms with Crippen molar-refractivity contribution in [2.24, 2.45) is 11.1 Å². The average molecular weight is 247 g/mol. The van der Waals surface area contributed by atoms with Gasteiger partial charge in [0, 0.05) is 6.42 Å². The molecule has 0 aromatic heterocycles. The molecule has 2 nitrogen and oxygen atoms in total. The van der Waals surface area contributed by atoms with E-state index in [1.54, 1.807) is 0 Å². The summed E-state index contributed by atoms with van der Waals surface area (Å²) >= 11 is 0. The van der Waals surface area contributed by atoms with Crippen LogP contribution in [0, 0.1) is 5.41 Å². The van der Waals surface area contributed by atoms with Crippen LogP contribution in [0.3, 0.4) is 0 Å². The molecule has 0 amide bonds. The van der Waals surface area contributed by atoms with Crippen molar-refractivity contribution in [1.82, 2.24) is 0 Å². The molecule has 0 spiro atoms. The van der Waals surface area contributed by atoms with Crippen LogP contribution in [-0.4, -0.2) is 5.78 Å². The van der Waals surface area contributed by atoms with E-state index in [1.807, 2.05) is 37.3 Å². The van der Waals surface area contributed by atoms with Crippen molar-refractivity contribution < 1.29 is 4.79 Å². The zero-order chi connectivity index (χ0) is 13.8. The zero-order valence-corrected chi connectivity index (χ0v) is 12.0. The molecule has 0 saturated carbocycles. The minimum absolute atomic E-state index is 0.123. The predicted octanol–water partition coefficient (Wildman–Crippen LogP) is 3.65. The van der Waals surface area contributed by atoms with Crippen molar-refractivity contribution >= 4 is 5.78 Å². The molecule has 0 radical (unpaired) electrons. The summed E-state index contributed by atoms with van der Waals surface area (Å²) in [5.41, 5.74) is 6.49. The van der Waals surface area contributed by atoms with E-state index in [0.29, 0.717) is 6.42 Å². The van der Waals surface area contributed by atoms with E-state index in [0.717, 1.165) is 18.4 Å². The Bertz CT molecular complexity index is 387. The van der Waals surface area contributed by atoms with E-state index in [4.69, 9.17) is 5.73 Å². The van der Waals surface area contributed by atoms with Crippen LogP contribution >= 0.6 is 0 Å². The summed E-state index contributed by atoms with van der Waals surface area (Å²) in [5.74, 6) is 0.123. The summed E-state index contributed by atoms with van der Waals surface area (Å²) in [6.45, 7) is 8.38. The Hall–Kier alpha value is -1.15. The van der Waals surface area contributed by atoms with Crippen molar-refractivity contribution in [3.8, 4) is 0 Å². The zero-order valence-electron chi connectivity index (χ0n) is 12.0. The minimum atomic E-state index is -0.862. The molecule has 100 valence electrons. The summed E-state index contributed by atoms with van der Waals surface area (Å²) in [4.78, 5) is 12.2. The molecular weight excluding hydrogens is 222 g/mol. The number of hydrogen-bond acceptors (Lipinski definition) is 2. The molecule has 0 fully saturated rings. The molecule has 0 heterocycles. The first-order chi connectivity index (χ1) is 8.23. The molecule has 0 saturated heterocycles. The number of carbonyl (C=O) groups is 1. The topological polar surface area (TPSA) is 43.1 Å². The lowest BCUT2D eigenvalue weighted by Gasteiger charge is -2.24. The maximum atomic E-state index is 12.2. The third-order valence-corrected chi connectivity index (χ3v) is 3.28. The SMILES string of the molecule is CC(C)(C)CCCC(=O)C(C)(N)c1ccccc1. The van der Waals surface area contributed by atoms with Crippen LogP contribution in [-0.2, 0) is 10.3 Å². The highest BCUT2D eigenvalue weighted by Crippen LogP contribution is 2.25. The number of nitrogens with two attached hydrogens (primary N) is 1. The molecule has 18 heavy (non-hydrogen) atoms. The fourth-order valence-electron chi connectivity index (χ4n) is 1.98. The van der Waals surface area contributed by atoms with Gasteiger partial charge in [0.2, 0.25) is 0 Å². The van der Waals surface area contributed by atoms with Crippen molar-refractivity contribution in [3.63, 3.8) is 0 Å². The van der Waals surface area contributed by atoms with E-state index >= 15 is 0 Å². The van der Waals surface area contributed by atoms with Crippen molar-refractivity contribution in [2.45, 2.75) is 52.5 Å². The van der Waals surface area contributed by atoms with Crippen LogP contribution in [0.15, 0.2) is 30.3 Å². The Labute approximate surface area is 111 Å². The Morgan fingerprint density at radius 1 is 1.11 bits per heavy atom. The standard InChI is InChI=1S/C16H25NO/c1-15(2,3)12-8-11-14(18)16(4,17)13-9-6-5-7-10-13/h5-7,9-10H,8,11-12,17H2,1-4H3. The van der Waals surface area contributed by atoms with E-state index in [-0.39, 0.29) is 11.2 Å². The second-order valence-corrected chi connectivity index (χ2v) is 6.41. The van der Waals surface area contributed by atoms with Gasteiger partial charge in [-0.1, -0.05) is 51.1 Å². The number of ketones is 1. The summed E-state index contributed by atoms with van der Waals surface area (Å²) < 4.78 is 0. The number of Topliss-reactive ketones (excluding diaryl/α,β-unsaturated/α-hetero) is 1.